The molecule has 0 heterocycles. The maximum absolute atomic E-state index is 12.6. The van der Waals surface area contributed by atoms with E-state index in [0.717, 1.165) is 37.7 Å². The molecule has 4 nitrogen and oxygen atoms in total. The van der Waals surface area contributed by atoms with Gasteiger partial charge in [-0.25, -0.2) is 0 Å². The Labute approximate surface area is 132 Å². The Hall–Kier alpha value is -1.39. The summed E-state index contributed by atoms with van der Waals surface area (Å²) in [5.74, 6) is 0.0779. The van der Waals surface area contributed by atoms with Crippen molar-refractivity contribution in [2.24, 2.45) is 5.41 Å². The van der Waals surface area contributed by atoms with Gasteiger partial charge >= 0.3 is 0 Å². The largest absolute Gasteiger partial charge is 0.391 e. The van der Waals surface area contributed by atoms with Gasteiger partial charge in [0.2, 0.25) is 5.91 Å². The van der Waals surface area contributed by atoms with E-state index in [1.165, 1.54) is 0 Å². The van der Waals surface area contributed by atoms with Crippen LogP contribution < -0.4 is 5.32 Å². The standard InChI is InChI=1S/C18H27NO3/c1-22-12-11-18(9-5-6-10-18)17(21)19-14-16(20)13-15-7-3-2-4-8-15/h2-4,7-8,16,20H,5-6,9-14H2,1H3,(H,19,21). The van der Waals surface area contributed by atoms with Crippen molar-refractivity contribution in [3.8, 4) is 0 Å². The number of amides is 1. The molecule has 4 heteroatoms. The van der Waals surface area contributed by atoms with E-state index in [0.29, 0.717) is 19.6 Å². The second kappa shape index (κ2) is 8.30. The lowest BCUT2D eigenvalue weighted by molar-refractivity contribution is -0.132. The number of methoxy groups -OCH3 is 1. The van der Waals surface area contributed by atoms with Gasteiger partial charge in [0.1, 0.15) is 0 Å². The highest BCUT2D eigenvalue weighted by Crippen LogP contribution is 2.41. The van der Waals surface area contributed by atoms with Crippen LogP contribution >= 0.6 is 0 Å². The molecule has 1 fully saturated rings. The maximum atomic E-state index is 12.6. The van der Waals surface area contributed by atoms with Crippen LogP contribution in [0.5, 0.6) is 0 Å². The van der Waals surface area contributed by atoms with Crippen LogP contribution in [0.3, 0.4) is 0 Å². The summed E-state index contributed by atoms with van der Waals surface area (Å²) in [4.78, 5) is 12.6. The van der Waals surface area contributed by atoms with Crippen LogP contribution in [0.4, 0.5) is 0 Å². The van der Waals surface area contributed by atoms with E-state index in [-0.39, 0.29) is 11.3 Å². The summed E-state index contributed by atoms with van der Waals surface area (Å²) < 4.78 is 5.15. The molecule has 122 valence electrons. The molecule has 2 rings (SSSR count). The van der Waals surface area contributed by atoms with Gasteiger partial charge in [0, 0.05) is 26.7 Å². The normalized spacial score (nSPS) is 18.1. The number of hydrogen-bond acceptors (Lipinski definition) is 3. The Morgan fingerprint density at radius 1 is 1.32 bits per heavy atom. The van der Waals surface area contributed by atoms with Crippen molar-refractivity contribution in [2.45, 2.75) is 44.6 Å². The number of carbonyl (C=O) groups excluding carboxylic acids is 1. The van der Waals surface area contributed by atoms with Crippen molar-refractivity contribution in [2.75, 3.05) is 20.3 Å². The molecule has 22 heavy (non-hydrogen) atoms. The third-order valence-corrected chi connectivity index (χ3v) is 4.64. The van der Waals surface area contributed by atoms with E-state index < -0.39 is 6.10 Å². The zero-order valence-corrected chi connectivity index (χ0v) is 13.4. The van der Waals surface area contributed by atoms with Crippen molar-refractivity contribution in [1.82, 2.24) is 5.32 Å². The molecule has 1 aromatic carbocycles. The molecule has 0 radical (unpaired) electrons. The van der Waals surface area contributed by atoms with Gasteiger partial charge in [0.05, 0.1) is 11.5 Å². The minimum Gasteiger partial charge on any atom is -0.391 e. The first-order valence-electron chi connectivity index (χ1n) is 8.15. The number of aliphatic hydroxyl groups excluding tert-OH is 1. The zero-order chi connectivity index (χ0) is 15.8. The predicted molar refractivity (Wildman–Crippen MR) is 86.6 cm³/mol. The minimum atomic E-state index is -0.549. The second-order valence-corrected chi connectivity index (χ2v) is 6.28. The lowest BCUT2D eigenvalue weighted by atomic mass is 9.82. The van der Waals surface area contributed by atoms with Crippen molar-refractivity contribution in [3.63, 3.8) is 0 Å². The van der Waals surface area contributed by atoms with E-state index in [1.54, 1.807) is 7.11 Å². The lowest BCUT2D eigenvalue weighted by Crippen LogP contribution is -2.43. The summed E-state index contributed by atoms with van der Waals surface area (Å²) >= 11 is 0. The highest BCUT2D eigenvalue weighted by molar-refractivity contribution is 5.82. The van der Waals surface area contributed by atoms with Gasteiger partial charge in [-0.05, 0) is 24.8 Å². The minimum absolute atomic E-state index is 0.0779. The van der Waals surface area contributed by atoms with Crippen LogP contribution in [-0.2, 0) is 16.0 Å². The molecule has 0 bridgehead atoms. The van der Waals surface area contributed by atoms with Gasteiger partial charge in [-0.2, -0.15) is 0 Å². The molecule has 1 saturated carbocycles. The zero-order valence-electron chi connectivity index (χ0n) is 13.4. The Bertz CT molecular complexity index is 455. The van der Waals surface area contributed by atoms with Crippen LogP contribution in [0.2, 0.25) is 0 Å². The number of benzene rings is 1. The van der Waals surface area contributed by atoms with E-state index in [4.69, 9.17) is 4.74 Å². The van der Waals surface area contributed by atoms with Crippen molar-refractivity contribution >= 4 is 5.91 Å². The summed E-state index contributed by atoms with van der Waals surface area (Å²) in [7, 11) is 1.67. The van der Waals surface area contributed by atoms with Crippen molar-refractivity contribution < 1.29 is 14.6 Å². The molecule has 1 unspecified atom stereocenters. The smallest absolute Gasteiger partial charge is 0.226 e. The van der Waals surface area contributed by atoms with Crippen LogP contribution in [0, 0.1) is 5.41 Å². The van der Waals surface area contributed by atoms with Crippen molar-refractivity contribution in [3.05, 3.63) is 35.9 Å². The summed E-state index contributed by atoms with van der Waals surface area (Å²) in [6, 6.07) is 9.85. The molecular weight excluding hydrogens is 278 g/mol. The van der Waals surface area contributed by atoms with Gasteiger partial charge in [0.15, 0.2) is 0 Å². The predicted octanol–water partition coefficient (Wildman–Crippen LogP) is 2.30. The third kappa shape index (κ3) is 4.55. The molecule has 1 aliphatic carbocycles. The monoisotopic (exact) mass is 305 g/mol. The molecule has 0 aromatic heterocycles. The molecule has 1 aromatic rings. The van der Waals surface area contributed by atoms with Gasteiger partial charge < -0.3 is 15.2 Å². The molecule has 1 amide bonds. The molecule has 2 N–H and O–H groups in total. The first kappa shape index (κ1) is 17.0. The third-order valence-electron chi connectivity index (χ3n) is 4.64. The average Bonchev–Trinajstić information content (AvgIpc) is 3.02. The second-order valence-electron chi connectivity index (χ2n) is 6.28. The number of hydrogen-bond donors (Lipinski definition) is 2. The number of carbonyl (C=O) groups is 1. The molecule has 1 aliphatic rings. The van der Waals surface area contributed by atoms with E-state index in [9.17, 15) is 9.90 Å². The van der Waals surface area contributed by atoms with Crippen molar-refractivity contribution in [1.29, 1.82) is 0 Å². The summed E-state index contributed by atoms with van der Waals surface area (Å²) in [6.07, 6.45) is 4.84. The Morgan fingerprint density at radius 2 is 2.00 bits per heavy atom. The molecule has 0 aliphatic heterocycles. The molecule has 0 saturated heterocycles. The average molecular weight is 305 g/mol. The SMILES string of the molecule is COCCC1(C(=O)NCC(O)Cc2ccccc2)CCCC1. The fraction of sp³-hybridized carbons (Fsp3) is 0.611. The van der Waals surface area contributed by atoms with Gasteiger partial charge in [-0.3, -0.25) is 4.79 Å². The first-order valence-corrected chi connectivity index (χ1v) is 8.15. The van der Waals surface area contributed by atoms with E-state index >= 15 is 0 Å². The van der Waals surface area contributed by atoms with Gasteiger partial charge in [-0.15, -0.1) is 0 Å². The Balaban J connectivity index is 1.82. The fourth-order valence-corrected chi connectivity index (χ4v) is 3.30. The first-order chi connectivity index (χ1) is 10.7. The van der Waals surface area contributed by atoms with E-state index in [2.05, 4.69) is 5.32 Å². The lowest BCUT2D eigenvalue weighted by Gasteiger charge is -2.28. The fourth-order valence-electron chi connectivity index (χ4n) is 3.30. The van der Waals surface area contributed by atoms with E-state index in [1.807, 2.05) is 30.3 Å². The summed E-state index contributed by atoms with van der Waals surface area (Å²) in [5, 5.41) is 13.1. The van der Waals surface area contributed by atoms with Crippen LogP contribution in [0.25, 0.3) is 0 Å². The Morgan fingerprint density at radius 3 is 2.64 bits per heavy atom. The number of aliphatic hydroxyl groups is 1. The van der Waals surface area contributed by atoms with Gasteiger partial charge in [0.25, 0.3) is 0 Å². The number of ether oxygens (including phenoxy) is 1. The highest BCUT2D eigenvalue weighted by atomic mass is 16.5. The molecule has 0 spiro atoms. The molecule has 1 atom stereocenters. The Kier molecular flexibility index (Phi) is 6.40. The summed E-state index contributed by atoms with van der Waals surface area (Å²) in [5.41, 5.74) is 0.793. The summed E-state index contributed by atoms with van der Waals surface area (Å²) in [6.45, 7) is 0.919. The van der Waals surface area contributed by atoms with Gasteiger partial charge in [-0.1, -0.05) is 43.2 Å². The number of rotatable bonds is 8. The quantitative estimate of drug-likeness (QED) is 0.775. The topological polar surface area (TPSA) is 58.6 Å². The van der Waals surface area contributed by atoms with Crippen LogP contribution in [0.15, 0.2) is 30.3 Å². The molecular formula is C18H27NO3. The van der Waals surface area contributed by atoms with Crippen LogP contribution in [-0.4, -0.2) is 37.4 Å². The maximum Gasteiger partial charge on any atom is 0.226 e. The van der Waals surface area contributed by atoms with Crippen LogP contribution in [0.1, 0.15) is 37.7 Å². The highest BCUT2D eigenvalue weighted by Gasteiger charge is 2.40. The number of nitrogens with one attached hydrogen (secondary N) is 1.